The van der Waals surface area contributed by atoms with Crippen LogP contribution in [-0.2, 0) is 0 Å². The summed E-state index contributed by atoms with van der Waals surface area (Å²) in [7, 11) is 0. The summed E-state index contributed by atoms with van der Waals surface area (Å²) in [5.41, 5.74) is 0.828. The molecule has 2 aromatic rings. The van der Waals surface area contributed by atoms with E-state index in [1.807, 2.05) is 35.7 Å². The van der Waals surface area contributed by atoms with Gasteiger partial charge in [0, 0.05) is 10.2 Å². The first-order chi connectivity index (χ1) is 8.65. The van der Waals surface area contributed by atoms with E-state index in [0.717, 1.165) is 10.2 Å². The van der Waals surface area contributed by atoms with Crippen molar-refractivity contribution in [2.75, 3.05) is 5.32 Å². The van der Waals surface area contributed by atoms with E-state index >= 15 is 0 Å². The third-order valence-corrected chi connectivity index (χ3v) is 3.68. The molecule has 0 spiro atoms. The Kier molecular flexibility index (Phi) is 4.46. The predicted octanol–water partition coefficient (Wildman–Crippen LogP) is 3.64. The first-order valence-corrected chi connectivity index (χ1v) is 7.14. The Bertz CT molecular complexity index is 552. The SMILES string of the molecule is O=C(NC(=S)Nc1ccc(Br)cc1)c1cccs1. The molecule has 0 radical (unpaired) electrons. The average molecular weight is 341 g/mol. The van der Waals surface area contributed by atoms with Crippen molar-refractivity contribution < 1.29 is 4.79 Å². The zero-order chi connectivity index (χ0) is 13.0. The molecule has 1 heterocycles. The molecule has 0 fully saturated rings. The molecule has 6 heteroatoms. The minimum atomic E-state index is -0.195. The van der Waals surface area contributed by atoms with Crippen molar-refractivity contribution >= 4 is 56.2 Å². The molecule has 2 N–H and O–H groups in total. The minimum absolute atomic E-state index is 0.195. The van der Waals surface area contributed by atoms with Gasteiger partial charge >= 0.3 is 0 Å². The largest absolute Gasteiger partial charge is 0.332 e. The van der Waals surface area contributed by atoms with E-state index < -0.39 is 0 Å². The molecule has 0 aliphatic heterocycles. The van der Waals surface area contributed by atoms with Crippen LogP contribution in [0.1, 0.15) is 9.67 Å². The summed E-state index contributed by atoms with van der Waals surface area (Å²) in [5.74, 6) is -0.195. The summed E-state index contributed by atoms with van der Waals surface area (Å²) in [5, 5.41) is 7.71. The van der Waals surface area contributed by atoms with E-state index in [1.165, 1.54) is 11.3 Å². The van der Waals surface area contributed by atoms with Gasteiger partial charge < -0.3 is 5.32 Å². The molecule has 0 unspecified atom stereocenters. The van der Waals surface area contributed by atoms with Crippen LogP contribution in [0.4, 0.5) is 5.69 Å². The number of amides is 1. The highest BCUT2D eigenvalue weighted by Gasteiger charge is 2.08. The van der Waals surface area contributed by atoms with Crippen LogP contribution >= 0.6 is 39.5 Å². The Morgan fingerprint density at radius 1 is 1.22 bits per heavy atom. The number of benzene rings is 1. The zero-order valence-electron chi connectivity index (χ0n) is 9.14. The normalized spacial score (nSPS) is 9.83. The molecule has 0 aliphatic rings. The molecule has 18 heavy (non-hydrogen) atoms. The van der Waals surface area contributed by atoms with Crippen LogP contribution in [0.3, 0.4) is 0 Å². The van der Waals surface area contributed by atoms with Gasteiger partial charge in [0.05, 0.1) is 4.88 Å². The van der Waals surface area contributed by atoms with Crippen molar-refractivity contribution in [2.24, 2.45) is 0 Å². The lowest BCUT2D eigenvalue weighted by Gasteiger charge is -2.08. The maximum atomic E-state index is 11.7. The van der Waals surface area contributed by atoms with E-state index in [1.54, 1.807) is 6.07 Å². The molecule has 1 amide bonds. The number of hydrogen-bond donors (Lipinski definition) is 2. The highest BCUT2D eigenvalue weighted by atomic mass is 79.9. The van der Waals surface area contributed by atoms with Gasteiger partial charge in [-0.15, -0.1) is 11.3 Å². The number of carbonyl (C=O) groups is 1. The number of carbonyl (C=O) groups excluding carboxylic acids is 1. The second-order valence-electron chi connectivity index (χ2n) is 3.39. The van der Waals surface area contributed by atoms with Gasteiger partial charge in [-0.1, -0.05) is 22.0 Å². The van der Waals surface area contributed by atoms with Gasteiger partial charge in [-0.05, 0) is 47.9 Å². The fraction of sp³-hybridized carbons (Fsp3) is 0. The Morgan fingerprint density at radius 2 is 1.94 bits per heavy atom. The number of halogens is 1. The summed E-state index contributed by atoms with van der Waals surface area (Å²) in [4.78, 5) is 12.4. The summed E-state index contributed by atoms with van der Waals surface area (Å²) in [6.45, 7) is 0. The number of thiocarbonyl (C=S) groups is 1. The van der Waals surface area contributed by atoms with Crippen LogP contribution in [0.5, 0.6) is 0 Å². The van der Waals surface area contributed by atoms with Crippen LogP contribution in [0.2, 0.25) is 0 Å². The predicted molar refractivity (Wildman–Crippen MR) is 82.1 cm³/mol. The topological polar surface area (TPSA) is 41.1 Å². The van der Waals surface area contributed by atoms with Gasteiger partial charge in [0.15, 0.2) is 5.11 Å². The van der Waals surface area contributed by atoms with E-state index in [9.17, 15) is 4.79 Å². The second-order valence-corrected chi connectivity index (χ2v) is 5.66. The van der Waals surface area contributed by atoms with Crippen LogP contribution in [-0.4, -0.2) is 11.0 Å². The molecule has 0 atom stereocenters. The van der Waals surface area contributed by atoms with Crippen molar-refractivity contribution in [3.05, 3.63) is 51.1 Å². The van der Waals surface area contributed by atoms with Gasteiger partial charge in [-0.3, -0.25) is 10.1 Å². The molecular formula is C12H9BrN2OS2. The fourth-order valence-electron chi connectivity index (χ4n) is 1.27. The van der Waals surface area contributed by atoms with Gasteiger partial charge in [0.25, 0.3) is 5.91 Å². The van der Waals surface area contributed by atoms with Crippen molar-refractivity contribution in [1.29, 1.82) is 0 Å². The summed E-state index contributed by atoms with van der Waals surface area (Å²) < 4.78 is 0.988. The Balaban J connectivity index is 1.93. The number of hydrogen-bond acceptors (Lipinski definition) is 3. The highest BCUT2D eigenvalue weighted by Crippen LogP contribution is 2.14. The van der Waals surface area contributed by atoms with Crippen molar-refractivity contribution in [3.8, 4) is 0 Å². The van der Waals surface area contributed by atoms with Gasteiger partial charge in [0.2, 0.25) is 0 Å². The Labute approximate surface area is 122 Å². The van der Waals surface area contributed by atoms with E-state index in [2.05, 4.69) is 26.6 Å². The maximum Gasteiger partial charge on any atom is 0.267 e. The fourth-order valence-corrected chi connectivity index (χ4v) is 2.36. The third-order valence-electron chi connectivity index (χ3n) is 2.07. The molecule has 3 nitrogen and oxygen atoms in total. The lowest BCUT2D eigenvalue weighted by atomic mass is 10.3. The first-order valence-electron chi connectivity index (χ1n) is 5.06. The Hall–Kier alpha value is -1.24. The molecule has 2 rings (SSSR count). The number of anilines is 1. The molecule has 0 saturated heterocycles. The van der Waals surface area contributed by atoms with Crippen molar-refractivity contribution in [1.82, 2.24) is 5.32 Å². The molecule has 0 saturated carbocycles. The van der Waals surface area contributed by atoms with E-state index in [4.69, 9.17) is 12.2 Å². The molecular weight excluding hydrogens is 332 g/mol. The van der Waals surface area contributed by atoms with Gasteiger partial charge in [-0.25, -0.2) is 0 Å². The summed E-state index contributed by atoms with van der Waals surface area (Å²) >= 11 is 9.79. The molecule has 1 aromatic heterocycles. The van der Waals surface area contributed by atoms with Crippen LogP contribution < -0.4 is 10.6 Å². The lowest BCUT2D eigenvalue weighted by Crippen LogP contribution is -2.33. The molecule has 0 aliphatic carbocycles. The van der Waals surface area contributed by atoms with Gasteiger partial charge in [0.1, 0.15) is 0 Å². The summed E-state index contributed by atoms with van der Waals surface area (Å²) in [6, 6.07) is 11.1. The molecule has 92 valence electrons. The monoisotopic (exact) mass is 340 g/mol. The molecule has 0 bridgehead atoms. The first kappa shape index (κ1) is 13.2. The average Bonchev–Trinajstić information content (AvgIpc) is 2.85. The lowest BCUT2D eigenvalue weighted by molar-refractivity contribution is 0.0981. The smallest absolute Gasteiger partial charge is 0.267 e. The van der Waals surface area contributed by atoms with Crippen LogP contribution in [0.25, 0.3) is 0 Å². The third kappa shape index (κ3) is 3.63. The second kappa shape index (κ2) is 6.08. The standard InChI is InChI=1S/C12H9BrN2OS2/c13-8-3-5-9(6-4-8)14-12(17)15-11(16)10-2-1-7-18-10/h1-7H,(H2,14,15,16,17). The van der Waals surface area contributed by atoms with Crippen molar-refractivity contribution in [3.63, 3.8) is 0 Å². The van der Waals surface area contributed by atoms with Crippen LogP contribution in [0, 0.1) is 0 Å². The van der Waals surface area contributed by atoms with Gasteiger partial charge in [-0.2, -0.15) is 0 Å². The van der Waals surface area contributed by atoms with E-state index in [-0.39, 0.29) is 11.0 Å². The van der Waals surface area contributed by atoms with Crippen molar-refractivity contribution in [2.45, 2.75) is 0 Å². The number of rotatable bonds is 2. The highest BCUT2D eigenvalue weighted by molar-refractivity contribution is 9.10. The van der Waals surface area contributed by atoms with E-state index in [0.29, 0.717) is 4.88 Å². The quantitative estimate of drug-likeness (QED) is 0.820. The summed E-state index contributed by atoms with van der Waals surface area (Å²) in [6.07, 6.45) is 0. The zero-order valence-corrected chi connectivity index (χ0v) is 12.4. The number of nitrogens with one attached hydrogen (secondary N) is 2. The maximum absolute atomic E-state index is 11.7. The molecule has 1 aromatic carbocycles. The number of thiophene rings is 1. The minimum Gasteiger partial charge on any atom is -0.332 e. The Morgan fingerprint density at radius 3 is 2.56 bits per heavy atom. The van der Waals surface area contributed by atoms with Crippen LogP contribution in [0.15, 0.2) is 46.3 Å².